The molecule has 0 atom stereocenters. The highest BCUT2D eigenvalue weighted by atomic mass is 16.5. The smallest absolute Gasteiger partial charge is 0.248 e. The number of hydrogen-bond acceptors (Lipinski definition) is 3. The predicted molar refractivity (Wildman–Crippen MR) is 80.8 cm³/mol. The highest BCUT2D eigenvalue weighted by molar-refractivity contribution is 5.97. The van der Waals surface area contributed by atoms with Crippen LogP contribution in [0.25, 0.3) is 22.1 Å². The Kier molecular flexibility index (Phi) is 2.64. The number of aromatic amines is 1. The van der Waals surface area contributed by atoms with E-state index in [-0.39, 0.29) is 5.56 Å². The summed E-state index contributed by atoms with van der Waals surface area (Å²) in [6.07, 6.45) is 4.03. The molecule has 106 valence electrons. The molecule has 0 saturated heterocycles. The molecule has 0 unspecified atom stereocenters. The number of furan rings is 1. The van der Waals surface area contributed by atoms with Crippen molar-refractivity contribution in [1.82, 2.24) is 4.98 Å². The summed E-state index contributed by atoms with van der Waals surface area (Å²) in [7, 11) is 1.64. The molecule has 2 aromatic heterocycles. The molecule has 0 amide bonds. The highest BCUT2D eigenvalue weighted by Gasteiger charge is 2.28. The first-order valence-electron chi connectivity index (χ1n) is 7.06. The Morgan fingerprint density at radius 1 is 1.24 bits per heavy atom. The van der Waals surface area contributed by atoms with Crippen molar-refractivity contribution in [1.29, 1.82) is 0 Å². The number of H-pyrrole nitrogens is 1. The van der Waals surface area contributed by atoms with E-state index in [2.05, 4.69) is 11.1 Å². The second-order valence-corrected chi connectivity index (χ2v) is 5.42. The van der Waals surface area contributed by atoms with E-state index in [0.29, 0.717) is 5.92 Å². The van der Waals surface area contributed by atoms with E-state index in [4.69, 9.17) is 9.15 Å². The van der Waals surface area contributed by atoms with E-state index >= 15 is 0 Å². The number of aromatic nitrogens is 1. The normalized spacial score (nSPS) is 14.5. The Morgan fingerprint density at radius 2 is 2.10 bits per heavy atom. The summed E-state index contributed by atoms with van der Waals surface area (Å²) in [5.41, 5.74) is 2.53. The van der Waals surface area contributed by atoms with Crippen molar-refractivity contribution in [2.24, 2.45) is 0 Å². The van der Waals surface area contributed by atoms with E-state index in [1.807, 2.05) is 18.2 Å². The molecule has 1 aliphatic carbocycles. The van der Waals surface area contributed by atoms with Gasteiger partial charge in [-0.25, -0.2) is 0 Å². The molecule has 1 saturated carbocycles. The van der Waals surface area contributed by atoms with Crippen LogP contribution in [0.5, 0.6) is 5.75 Å². The van der Waals surface area contributed by atoms with Crippen molar-refractivity contribution in [3.8, 4) is 16.9 Å². The molecular formula is C17H15NO3. The molecule has 21 heavy (non-hydrogen) atoms. The predicted octanol–water partition coefficient (Wildman–Crippen LogP) is 3.67. The Labute approximate surface area is 121 Å². The Balaban J connectivity index is 1.98. The van der Waals surface area contributed by atoms with E-state index in [9.17, 15) is 4.79 Å². The van der Waals surface area contributed by atoms with Gasteiger partial charge in [0.1, 0.15) is 5.76 Å². The second-order valence-electron chi connectivity index (χ2n) is 5.42. The minimum Gasteiger partial charge on any atom is -0.493 e. The van der Waals surface area contributed by atoms with Gasteiger partial charge in [0, 0.05) is 23.6 Å². The minimum atomic E-state index is -0.109. The molecule has 3 aromatic rings. The summed E-state index contributed by atoms with van der Waals surface area (Å²) in [4.78, 5) is 14.2. The van der Waals surface area contributed by atoms with Crippen LogP contribution in [0, 0.1) is 0 Å². The molecule has 2 heterocycles. The fourth-order valence-electron chi connectivity index (χ4n) is 2.71. The van der Waals surface area contributed by atoms with Crippen molar-refractivity contribution in [3.05, 3.63) is 52.6 Å². The summed E-state index contributed by atoms with van der Waals surface area (Å²) in [6, 6.07) is 9.45. The zero-order valence-corrected chi connectivity index (χ0v) is 11.7. The van der Waals surface area contributed by atoms with Crippen LogP contribution in [0.2, 0.25) is 0 Å². The van der Waals surface area contributed by atoms with Gasteiger partial charge in [-0.15, -0.1) is 0 Å². The maximum atomic E-state index is 11.5. The SMILES string of the molecule is COc1ccc(-c2cc[nH]c(=O)c2)c2cc(C3CC3)oc12. The lowest BCUT2D eigenvalue weighted by Gasteiger charge is -2.05. The van der Waals surface area contributed by atoms with Crippen molar-refractivity contribution in [2.45, 2.75) is 18.8 Å². The van der Waals surface area contributed by atoms with Gasteiger partial charge in [0.2, 0.25) is 5.56 Å². The lowest BCUT2D eigenvalue weighted by Crippen LogP contribution is -2.02. The monoisotopic (exact) mass is 281 g/mol. The standard InChI is InChI=1S/C17H15NO3/c1-20-14-5-4-12(11-6-7-18-16(19)8-11)13-9-15(10-2-3-10)21-17(13)14/h4-10H,2-3H2,1H3,(H,18,19). The van der Waals surface area contributed by atoms with Gasteiger partial charge in [-0.3, -0.25) is 4.79 Å². The Bertz CT molecular complexity index is 871. The van der Waals surface area contributed by atoms with Crippen LogP contribution in [0.15, 0.2) is 45.7 Å². The lowest BCUT2D eigenvalue weighted by molar-refractivity contribution is 0.407. The largest absolute Gasteiger partial charge is 0.493 e. The van der Waals surface area contributed by atoms with Crippen molar-refractivity contribution in [3.63, 3.8) is 0 Å². The average molecular weight is 281 g/mol. The highest BCUT2D eigenvalue weighted by Crippen LogP contribution is 2.45. The van der Waals surface area contributed by atoms with Crippen molar-refractivity contribution >= 4 is 11.0 Å². The van der Waals surface area contributed by atoms with Crippen LogP contribution in [0.3, 0.4) is 0 Å². The molecule has 0 bridgehead atoms. The molecule has 1 aliphatic rings. The van der Waals surface area contributed by atoms with Gasteiger partial charge in [-0.2, -0.15) is 0 Å². The van der Waals surface area contributed by atoms with Gasteiger partial charge in [-0.1, -0.05) is 0 Å². The molecule has 1 N–H and O–H groups in total. The topological polar surface area (TPSA) is 55.2 Å². The number of benzene rings is 1. The van der Waals surface area contributed by atoms with Crippen LogP contribution in [0.4, 0.5) is 0 Å². The number of nitrogens with one attached hydrogen (secondary N) is 1. The molecule has 1 aromatic carbocycles. The fourth-order valence-corrected chi connectivity index (χ4v) is 2.71. The fraction of sp³-hybridized carbons (Fsp3) is 0.235. The van der Waals surface area contributed by atoms with Gasteiger partial charge in [0.15, 0.2) is 11.3 Å². The van der Waals surface area contributed by atoms with Crippen molar-refractivity contribution in [2.75, 3.05) is 7.11 Å². The number of fused-ring (bicyclic) bond motifs is 1. The Morgan fingerprint density at radius 3 is 2.81 bits per heavy atom. The third-order valence-electron chi connectivity index (χ3n) is 3.95. The first-order valence-corrected chi connectivity index (χ1v) is 7.06. The summed E-state index contributed by atoms with van der Waals surface area (Å²) in [6.45, 7) is 0. The van der Waals surface area contributed by atoms with E-state index < -0.39 is 0 Å². The Hall–Kier alpha value is -2.49. The van der Waals surface area contributed by atoms with E-state index in [0.717, 1.165) is 33.6 Å². The number of rotatable bonds is 3. The van der Waals surface area contributed by atoms with Crippen molar-refractivity contribution < 1.29 is 9.15 Å². The summed E-state index contributed by atoms with van der Waals surface area (Å²) in [5, 5.41) is 1.00. The average Bonchev–Trinajstić information content (AvgIpc) is 3.25. The van der Waals surface area contributed by atoms with Crippen LogP contribution >= 0.6 is 0 Å². The minimum absolute atomic E-state index is 0.109. The van der Waals surface area contributed by atoms with Crippen LogP contribution in [-0.2, 0) is 0 Å². The number of methoxy groups -OCH3 is 1. The third-order valence-corrected chi connectivity index (χ3v) is 3.95. The summed E-state index contributed by atoms with van der Waals surface area (Å²) in [5.74, 6) is 2.28. The molecule has 0 radical (unpaired) electrons. The molecule has 4 heteroatoms. The zero-order chi connectivity index (χ0) is 14.4. The van der Waals surface area contributed by atoms with Gasteiger partial charge < -0.3 is 14.1 Å². The zero-order valence-electron chi connectivity index (χ0n) is 11.7. The van der Waals surface area contributed by atoms with Gasteiger partial charge in [0.25, 0.3) is 0 Å². The van der Waals surface area contributed by atoms with Crippen LogP contribution < -0.4 is 10.3 Å². The maximum Gasteiger partial charge on any atom is 0.248 e. The molecule has 0 aliphatic heterocycles. The van der Waals surface area contributed by atoms with Crippen LogP contribution in [-0.4, -0.2) is 12.1 Å². The van der Waals surface area contributed by atoms with Crippen LogP contribution in [0.1, 0.15) is 24.5 Å². The molecule has 4 nitrogen and oxygen atoms in total. The van der Waals surface area contributed by atoms with E-state index in [1.54, 1.807) is 19.4 Å². The first kappa shape index (κ1) is 12.3. The molecule has 0 spiro atoms. The molecule has 1 fully saturated rings. The third kappa shape index (κ3) is 2.03. The quantitative estimate of drug-likeness (QED) is 0.796. The summed E-state index contributed by atoms with van der Waals surface area (Å²) >= 11 is 0. The number of pyridine rings is 1. The molecular weight excluding hydrogens is 266 g/mol. The molecule has 4 rings (SSSR count). The summed E-state index contributed by atoms with van der Waals surface area (Å²) < 4.78 is 11.4. The van der Waals surface area contributed by atoms with Gasteiger partial charge >= 0.3 is 0 Å². The lowest BCUT2D eigenvalue weighted by atomic mass is 10.0. The second kappa shape index (κ2) is 4.52. The van der Waals surface area contributed by atoms with Gasteiger partial charge in [0.05, 0.1) is 7.11 Å². The number of ether oxygens (including phenoxy) is 1. The maximum absolute atomic E-state index is 11.5. The first-order chi connectivity index (χ1) is 10.3. The van der Waals surface area contributed by atoms with Gasteiger partial charge in [-0.05, 0) is 48.2 Å². The number of hydrogen-bond donors (Lipinski definition) is 1. The van der Waals surface area contributed by atoms with E-state index in [1.165, 1.54) is 12.8 Å².